The quantitative estimate of drug-likeness (QED) is 0.280. The van der Waals surface area contributed by atoms with Crippen LogP contribution in [0.3, 0.4) is 0 Å². The Morgan fingerprint density at radius 1 is 1.16 bits per heavy atom. The number of benzene rings is 1. The van der Waals surface area contributed by atoms with Gasteiger partial charge in [-0.3, -0.25) is 14.3 Å². The number of likely N-dealkylation sites (tertiary alicyclic amines) is 1. The summed E-state index contributed by atoms with van der Waals surface area (Å²) in [5.74, 6) is 3.00. The molecule has 0 bridgehead atoms. The molecule has 2 N–H and O–H groups in total. The Balaban J connectivity index is 0.00000289. The van der Waals surface area contributed by atoms with E-state index in [9.17, 15) is 0 Å². The molecule has 0 amide bonds. The van der Waals surface area contributed by atoms with E-state index in [0.29, 0.717) is 18.5 Å². The summed E-state index contributed by atoms with van der Waals surface area (Å²) in [7, 11) is 5.71. The van der Waals surface area contributed by atoms with Crippen molar-refractivity contribution in [3.8, 4) is 5.75 Å². The van der Waals surface area contributed by atoms with E-state index in [1.165, 1.54) is 18.4 Å². The van der Waals surface area contributed by atoms with Crippen molar-refractivity contribution >= 4 is 35.6 Å². The van der Waals surface area contributed by atoms with Crippen molar-refractivity contribution in [1.82, 2.24) is 30.1 Å². The molecule has 8 nitrogen and oxygen atoms in total. The van der Waals surface area contributed by atoms with E-state index in [1.807, 2.05) is 40.9 Å². The summed E-state index contributed by atoms with van der Waals surface area (Å²) in [6.45, 7) is 2.51. The number of hydrogen-bond acceptors (Lipinski definition) is 5. The number of piperidine rings is 1. The second kappa shape index (κ2) is 11.5. The first kappa shape index (κ1) is 24.2. The van der Waals surface area contributed by atoms with Gasteiger partial charge in [-0.2, -0.15) is 0 Å². The summed E-state index contributed by atoms with van der Waals surface area (Å²) < 4.78 is 7.31. The summed E-state index contributed by atoms with van der Waals surface area (Å²) in [4.78, 5) is 6.85. The molecule has 0 spiro atoms. The Kier molecular flexibility index (Phi) is 8.68. The third kappa shape index (κ3) is 5.50. The molecule has 32 heavy (non-hydrogen) atoms. The normalized spacial score (nSPS) is 19.4. The highest BCUT2D eigenvalue weighted by molar-refractivity contribution is 14.0. The van der Waals surface area contributed by atoms with Crippen LogP contribution < -0.4 is 15.4 Å². The van der Waals surface area contributed by atoms with Crippen LogP contribution in [0.2, 0.25) is 0 Å². The van der Waals surface area contributed by atoms with E-state index < -0.39 is 0 Å². The van der Waals surface area contributed by atoms with Gasteiger partial charge in [0, 0.05) is 25.8 Å². The molecule has 3 aromatic rings. The van der Waals surface area contributed by atoms with Gasteiger partial charge in [0.25, 0.3) is 0 Å². The van der Waals surface area contributed by atoms with Crippen molar-refractivity contribution in [3.05, 3.63) is 60.0 Å². The summed E-state index contributed by atoms with van der Waals surface area (Å²) >= 11 is 0. The number of aliphatic imine (C=N–C) groups is 1. The molecule has 0 aliphatic carbocycles. The molecular formula is C23H32IN7O. The minimum Gasteiger partial charge on any atom is -0.497 e. The highest BCUT2D eigenvalue weighted by Crippen LogP contribution is 2.35. The van der Waals surface area contributed by atoms with Crippen molar-refractivity contribution < 1.29 is 4.74 Å². The van der Waals surface area contributed by atoms with E-state index in [-0.39, 0.29) is 24.0 Å². The zero-order valence-electron chi connectivity index (χ0n) is 18.9. The summed E-state index contributed by atoms with van der Waals surface area (Å²) in [5.41, 5.74) is 2.17. The van der Waals surface area contributed by atoms with Crippen molar-refractivity contribution in [3.63, 3.8) is 0 Å². The van der Waals surface area contributed by atoms with Crippen LogP contribution in [0.1, 0.15) is 30.3 Å². The average molecular weight is 549 g/mol. The lowest BCUT2D eigenvalue weighted by atomic mass is 9.85. The topological polar surface area (TPSA) is 79.1 Å². The monoisotopic (exact) mass is 549 g/mol. The molecule has 172 valence electrons. The number of rotatable bonds is 6. The smallest absolute Gasteiger partial charge is 0.191 e. The van der Waals surface area contributed by atoms with Gasteiger partial charge < -0.3 is 15.4 Å². The minimum absolute atomic E-state index is 0. The van der Waals surface area contributed by atoms with Gasteiger partial charge in [-0.1, -0.05) is 18.2 Å². The summed E-state index contributed by atoms with van der Waals surface area (Å²) in [6, 6.07) is 14.7. The van der Waals surface area contributed by atoms with Crippen molar-refractivity contribution in [1.29, 1.82) is 0 Å². The number of halogens is 1. The van der Waals surface area contributed by atoms with Gasteiger partial charge >= 0.3 is 0 Å². The predicted octanol–water partition coefficient (Wildman–Crippen LogP) is 3.10. The van der Waals surface area contributed by atoms with Crippen LogP contribution in [0, 0.1) is 5.92 Å². The lowest BCUT2D eigenvalue weighted by Gasteiger charge is -2.40. The molecule has 3 heterocycles. The second-order valence-electron chi connectivity index (χ2n) is 7.95. The van der Waals surface area contributed by atoms with E-state index >= 15 is 0 Å². The van der Waals surface area contributed by atoms with Crippen LogP contribution in [0.15, 0.2) is 53.7 Å². The van der Waals surface area contributed by atoms with Crippen LogP contribution >= 0.6 is 24.0 Å². The molecule has 0 saturated carbocycles. The van der Waals surface area contributed by atoms with Crippen LogP contribution in [0.25, 0.3) is 5.65 Å². The highest BCUT2D eigenvalue weighted by atomic mass is 127. The van der Waals surface area contributed by atoms with E-state index in [0.717, 1.165) is 36.3 Å². The molecule has 9 heteroatoms. The van der Waals surface area contributed by atoms with Gasteiger partial charge in [0.1, 0.15) is 5.75 Å². The molecule has 2 atom stereocenters. The number of ether oxygens (including phenoxy) is 1. The molecule has 1 fully saturated rings. The molecular weight excluding hydrogens is 517 g/mol. The Labute approximate surface area is 206 Å². The van der Waals surface area contributed by atoms with Crippen molar-refractivity contribution in [2.45, 2.75) is 25.4 Å². The van der Waals surface area contributed by atoms with Crippen LogP contribution in [0.4, 0.5) is 0 Å². The molecule has 4 rings (SSSR count). The Hall–Kier alpha value is -2.40. The van der Waals surface area contributed by atoms with Gasteiger partial charge in [0.05, 0.1) is 13.7 Å². The fraction of sp³-hybridized carbons (Fsp3) is 0.435. The standard InChI is InChI=1S/C23H31N7O.HI/c1-24-23(26-16-21-28-27-20-8-4-5-14-30(20)21)25-15-18-7-6-13-29(2)22(18)17-9-11-19(31-3)12-10-17;/h4-5,8-12,14,18,22H,6-7,13,15-16H2,1-3H3,(H2,24,25,26);1H. The first-order valence-corrected chi connectivity index (χ1v) is 10.8. The third-order valence-electron chi connectivity index (χ3n) is 6.02. The Morgan fingerprint density at radius 3 is 2.72 bits per heavy atom. The number of aromatic nitrogens is 3. The SMILES string of the molecule is CN=C(NCc1nnc2ccccn12)NCC1CCCN(C)C1c1ccc(OC)cc1.I. The van der Waals surface area contributed by atoms with Crippen molar-refractivity contribution in [2.24, 2.45) is 10.9 Å². The Bertz CT molecular complexity index is 1020. The maximum atomic E-state index is 5.33. The summed E-state index contributed by atoms with van der Waals surface area (Å²) in [5, 5.41) is 15.4. The number of fused-ring (bicyclic) bond motifs is 1. The molecule has 1 saturated heterocycles. The first-order valence-electron chi connectivity index (χ1n) is 10.8. The van der Waals surface area contributed by atoms with Gasteiger partial charge in [-0.15, -0.1) is 34.2 Å². The summed E-state index contributed by atoms with van der Waals surface area (Å²) in [6.07, 6.45) is 4.35. The Morgan fingerprint density at radius 2 is 1.97 bits per heavy atom. The van der Waals surface area contributed by atoms with E-state index in [1.54, 1.807) is 14.2 Å². The van der Waals surface area contributed by atoms with Crippen LogP contribution in [-0.2, 0) is 6.54 Å². The number of guanidine groups is 1. The second-order valence-corrected chi connectivity index (χ2v) is 7.95. The number of pyridine rings is 1. The van der Waals surface area contributed by atoms with E-state index in [4.69, 9.17) is 4.74 Å². The zero-order chi connectivity index (χ0) is 21.6. The fourth-order valence-electron chi connectivity index (χ4n) is 4.42. The highest BCUT2D eigenvalue weighted by Gasteiger charge is 2.30. The third-order valence-corrected chi connectivity index (χ3v) is 6.02. The molecule has 1 aromatic carbocycles. The molecule has 1 aliphatic heterocycles. The fourth-order valence-corrected chi connectivity index (χ4v) is 4.42. The number of hydrogen-bond donors (Lipinski definition) is 2. The molecule has 2 unspecified atom stereocenters. The number of nitrogens with one attached hydrogen (secondary N) is 2. The van der Waals surface area contributed by atoms with Gasteiger partial charge in [-0.25, -0.2) is 0 Å². The molecule has 0 radical (unpaired) electrons. The average Bonchev–Trinajstić information content (AvgIpc) is 3.22. The lowest BCUT2D eigenvalue weighted by Crippen LogP contribution is -2.45. The molecule has 2 aromatic heterocycles. The van der Waals surface area contributed by atoms with Crippen LogP contribution in [-0.4, -0.2) is 59.8 Å². The van der Waals surface area contributed by atoms with Crippen LogP contribution in [0.5, 0.6) is 5.75 Å². The van der Waals surface area contributed by atoms with Gasteiger partial charge in [0.2, 0.25) is 0 Å². The van der Waals surface area contributed by atoms with Gasteiger partial charge in [0.15, 0.2) is 17.4 Å². The van der Waals surface area contributed by atoms with Crippen molar-refractivity contribution in [2.75, 3.05) is 34.3 Å². The maximum Gasteiger partial charge on any atom is 0.191 e. The number of methoxy groups -OCH3 is 1. The lowest BCUT2D eigenvalue weighted by molar-refractivity contribution is 0.122. The maximum absolute atomic E-state index is 5.33. The zero-order valence-corrected chi connectivity index (χ0v) is 21.2. The van der Waals surface area contributed by atoms with E-state index in [2.05, 4.69) is 49.9 Å². The number of nitrogens with zero attached hydrogens (tertiary/aromatic N) is 5. The first-order chi connectivity index (χ1) is 15.2. The molecule has 1 aliphatic rings. The van der Waals surface area contributed by atoms with Gasteiger partial charge in [-0.05, 0) is 62.2 Å². The largest absolute Gasteiger partial charge is 0.497 e. The predicted molar refractivity (Wildman–Crippen MR) is 138 cm³/mol. The minimum atomic E-state index is 0.